The molecule has 32 heavy (non-hydrogen) atoms. The lowest BCUT2D eigenvalue weighted by Crippen LogP contribution is -2.20. The van der Waals surface area contributed by atoms with E-state index in [9.17, 15) is 4.79 Å². The van der Waals surface area contributed by atoms with E-state index in [-0.39, 0.29) is 12.6 Å². The number of rotatable bonds is 10. The molecule has 0 saturated heterocycles. The highest BCUT2D eigenvalue weighted by Gasteiger charge is 2.10. The number of hydrogen-bond acceptors (Lipinski definition) is 7. The first-order valence-corrected chi connectivity index (χ1v) is 10.3. The second-order valence-corrected chi connectivity index (χ2v) is 7.29. The van der Waals surface area contributed by atoms with Gasteiger partial charge in [-0.05, 0) is 41.8 Å². The molecule has 5 N–H and O–H groups in total. The van der Waals surface area contributed by atoms with Gasteiger partial charge in [-0.3, -0.25) is 4.79 Å². The van der Waals surface area contributed by atoms with Gasteiger partial charge in [-0.2, -0.15) is 4.98 Å². The van der Waals surface area contributed by atoms with E-state index in [0.29, 0.717) is 29.9 Å². The van der Waals surface area contributed by atoms with Crippen LogP contribution in [-0.2, 0) is 22.7 Å². The summed E-state index contributed by atoms with van der Waals surface area (Å²) in [5.74, 6) is 0.571. The van der Waals surface area contributed by atoms with Gasteiger partial charge in [0.05, 0.1) is 19.5 Å². The van der Waals surface area contributed by atoms with Crippen LogP contribution in [0.25, 0.3) is 0 Å². The topological polar surface area (TPSA) is 114 Å². The molecule has 1 aromatic heterocycles. The largest absolute Gasteiger partial charge is 0.362 e. The molecule has 2 aromatic carbocycles. The maximum absolute atomic E-state index is 11.5. The smallest absolute Gasteiger partial charge is 0.243 e. The van der Waals surface area contributed by atoms with E-state index >= 15 is 0 Å². The van der Waals surface area contributed by atoms with Gasteiger partial charge < -0.3 is 26.4 Å². The van der Waals surface area contributed by atoms with Crippen LogP contribution in [0, 0.1) is 6.92 Å². The van der Waals surface area contributed by atoms with E-state index in [4.69, 9.17) is 22.1 Å². The number of nitrogens with zero attached hydrogens (tertiary/aromatic N) is 2. The van der Waals surface area contributed by atoms with Gasteiger partial charge in [0, 0.05) is 17.9 Å². The van der Waals surface area contributed by atoms with Gasteiger partial charge >= 0.3 is 0 Å². The Labute approximate surface area is 191 Å². The Morgan fingerprint density at radius 1 is 1.22 bits per heavy atom. The lowest BCUT2D eigenvalue weighted by atomic mass is 10.1. The van der Waals surface area contributed by atoms with E-state index in [2.05, 4.69) is 32.5 Å². The summed E-state index contributed by atoms with van der Waals surface area (Å²) in [7, 11) is 0. The molecule has 3 rings (SSSR count). The second kappa shape index (κ2) is 11.2. The molecular formula is C23H25ClN6O2. The summed E-state index contributed by atoms with van der Waals surface area (Å²) in [4.78, 5) is 20.3. The maximum atomic E-state index is 11.5. The van der Waals surface area contributed by atoms with Gasteiger partial charge in [0.2, 0.25) is 11.9 Å². The molecule has 166 valence electrons. The quantitative estimate of drug-likeness (QED) is 0.269. The summed E-state index contributed by atoms with van der Waals surface area (Å²) in [6.45, 7) is 6.35. The minimum Gasteiger partial charge on any atom is -0.362 e. The van der Waals surface area contributed by atoms with Crippen molar-refractivity contribution < 1.29 is 9.53 Å². The second-order valence-electron chi connectivity index (χ2n) is 6.88. The van der Waals surface area contributed by atoms with Crippen molar-refractivity contribution in [2.24, 2.45) is 5.73 Å². The van der Waals surface area contributed by atoms with Crippen LogP contribution in [0.4, 0.5) is 23.1 Å². The highest BCUT2D eigenvalue weighted by Crippen LogP contribution is 2.27. The zero-order valence-corrected chi connectivity index (χ0v) is 18.4. The first-order valence-electron chi connectivity index (χ1n) is 9.92. The van der Waals surface area contributed by atoms with Crippen molar-refractivity contribution in [3.05, 3.63) is 83.0 Å². The van der Waals surface area contributed by atoms with Crippen molar-refractivity contribution in [1.29, 1.82) is 0 Å². The summed E-state index contributed by atoms with van der Waals surface area (Å²) in [6, 6.07) is 13.5. The molecular weight excluding hydrogens is 428 g/mol. The number of amides is 1. The number of halogens is 1. The predicted molar refractivity (Wildman–Crippen MR) is 127 cm³/mol. The van der Waals surface area contributed by atoms with Crippen LogP contribution in [0.15, 0.2) is 61.3 Å². The number of nitrogens with one attached hydrogen (secondary N) is 3. The summed E-state index contributed by atoms with van der Waals surface area (Å²) < 4.78 is 5.28. The fraction of sp³-hybridized carbons (Fsp3) is 0.174. The molecule has 1 amide bonds. The van der Waals surface area contributed by atoms with Crippen LogP contribution in [0.3, 0.4) is 0 Å². The number of benzene rings is 2. The van der Waals surface area contributed by atoms with Crippen LogP contribution in [0.5, 0.6) is 0 Å². The number of para-hydroxylation sites is 1. The summed E-state index contributed by atoms with van der Waals surface area (Å²) in [5, 5.41) is 9.59. The third kappa shape index (κ3) is 6.27. The number of carbonyl (C=O) groups is 1. The highest BCUT2D eigenvalue weighted by atomic mass is 35.5. The molecule has 1 heterocycles. The highest BCUT2D eigenvalue weighted by molar-refractivity contribution is 6.32. The molecule has 0 bridgehead atoms. The van der Waals surface area contributed by atoms with Crippen molar-refractivity contribution in [2.75, 3.05) is 17.4 Å². The first kappa shape index (κ1) is 23.2. The Morgan fingerprint density at radius 3 is 2.81 bits per heavy atom. The molecule has 0 aliphatic carbocycles. The number of hydrogen-bond donors (Lipinski definition) is 4. The number of anilines is 4. The summed E-state index contributed by atoms with van der Waals surface area (Å²) in [6.07, 6.45) is 2.76. The monoisotopic (exact) mass is 452 g/mol. The molecule has 0 fully saturated rings. The Hall–Kier alpha value is -3.46. The molecule has 8 nitrogen and oxygen atoms in total. The molecule has 0 spiro atoms. The fourth-order valence-corrected chi connectivity index (χ4v) is 3.02. The van der Waals surface area contributed by atoms with Gasteiger partial charge in [-0.25, -0.2) is 4.98 Å². The van der Waals surface area contributed by atoms with Gasteiger partial charge in [0.1, 0.15) is 5.02 Å². The number of aromatic nitrogens is 2. The predicted octanol–water partition coefficient (Wildman–Crippen LogP) is 4.16. The Bertz CT molecular complexity index is 1110. The number of carbonyl (C=O) groups excluding carboxylic acids is 1. The van der Waals surface area contributed by atoms with Crippen molar-refractivity contribution >= 4 is 40.6 Å². The molecule has 0 aliphatic heterocycles. The van der Waals surface area contributed by atoms with E-state index < -0.39 is 0 Å². The Balaban J connectivity index is 1.80. The average Bonchev–Trinajstić information content (AvgIpc) is 2.80. The van der Waals surface area contributed by atoms with Crippen LogP contribution in [0.1, 0.15) is 16.7 Å². The number of ether oxygens (including phenoxy) is 1. The van der Waals surface area contributed by atoms with Crippen molar-refractivity contribution in [3.63, 3.8) is 0 Å². The van der Waals surface area contributed by atoms with E-state index in [1.807, 2.05) is 49.4 Å². The summed E-state index contributed by atoms with van der Waals surface area (Å²) in [5.41, 5.74) is 9.90. The zero-order valence-electron chi connectivity index (χ0n) is 17.7. The normalized spacial score (nSPS) is 10.5. The third-order valence-corrected chi connectivity index (χ3v) is 4.86. The van der Waals surface area contributed by atoms with Crippen molar-refractivity contribution in [1.82, 2.24) is 15.3 Å². The summed E-state index contributed by atoms with van der Waals surface area (Å²) >= 11 is 6.34. The van der Waals surface area contributed by atoms with Crippen molar-refractivity contribution in [3.8, 4) is 0 Å². The molecule has 3 aromatic rings. The fourth-order valence-electron chi connectivity index (χ4n) is 2.88. The lowest BCUT2D eigenvalue weighted by Gasteiger charge is -2.15. The Morgan fingerprint density at radius 2 is 2.03 bits per heavy atom. The zero-order chi connectivity index (χ0) is 22.9. The number of nitrogens with two attached hydrogens (primary N) is 1. The molecule has 0 saturated carbocycles. The standard InChI is InChI=1S/C23H25ClN6O2/c1-3-21(31)26-11-17-6-4-5-7-19(17)28-22-18(24)12-27-23(30-22)29-20-10-16(13-32-14-25)9-8-15(20)2/h3-10,12H,1,11,13-14,25H2,2H3,(H,26,31)(H2,27,28,29,30). The van der Waals surface area contributed by atoms with Gasteiger partial charge in [-0.1, -0.05) is 48.5 Å². The lowest BCUT2D eigenvalue weighted by molar-refractivity contribution is -0.116. The molecule has 0 atom stereocenters. The van der Waals surface area contributed by atoms with Crippen LogP contribution in [0.2, 0.25) is 5.02 Å². The molecule has 0 aliphatic rings. The third-order valence-electron chi connectivity index (χ3n) is 4.59. The number of aryl methyl sites for hydroxylation is 1. The van der Waals surface area contributed by atoms with Gasteiger partial charge in [0.15, 0.2) is 5.82 Å². The Kier molecular flexibility index (Phi) is 8.15. The minimum absolute atomic E-state index is 0.157. The molecule has 0 radical (unpaired) electrons. The van der Waals surface area contributed by atoms with E-state index in [1.165, 1.54) is 12.3 Å². The van der Waals surface area contributed by atoms with Crippen LogP contribution in [-0.4, -0.2) is 22.6 Å². The maximum Gasteiger partial charge on any atom is 0.243 e. The van der Waals surface area contributed by atoms with Crippen molar-refractivity contribution in [2.45, 2.75) is 20.1 Å². The van der Waals surface area contributed by atoms with Crippen LogP contribution < -0.4 is 21.7 Å². The van der Waals surface area contributed by atoms with Crippen LogP contribution >= 0.6 is 11.6 Å². The SMILES string of the molecule is C=CC(=O)NCc1ccccc1Nc1nc(Nc2cc(COCN)ccc2C)ncc1Cl. The average molecular weight is 453 g/mol. The minimum atomic E-state index is -0.249. The molecule has 0 unspecified atom stereocenters. The molecule has 9 heteroatoms. The van der Waals surface area contributed by atoms with Gasteiger partial charge in [-0.15, -0.1) is 0 Å². The van der Waals surface area contributed by atoms with Gasteiger partial charge in [0.25, 0.3) is 0 Å². The first-order chi connectivity index (χ1) is 15.5. The van der Waals surface area contributed by atoms with E-state index in [1.54, 1.807) is 0 Å². The van der Waals surface area contributed by atoms with E-state index in [0.717, 1.165) is 28.1 Å².